The van der Waals surface area contributed by atoms with Crippen LogP contribution in [0.4, 0.5) is 5.69 Å². The van der Waals surface area contributed by atoms with Crippen LogP contribution in [0.1, 0.15) is 35.1 Å². The van der Waals surface area contributed by atoms with Gasteiger partial charge in [-0.05, 0) is 48.4 Å². The third-order valence-corrected chi connectivity index (χ3v) is 5.30. The number of nitrogens with two attached hydrogens (primary N) is 1. The summed E-state index contributed by atoms with van der Waals surface area (Å²) in [4.78, 5) is 6.13. The molecule has 0 bridgehead atoms. The van der Waals surface area contributed by atoms with Crippen LogP contribution < -0.4 is 5.73 Å². The van der Waals surface area contributed by atoms with Crippen LogP contribution in [-0.2, 0) is 6.42 Å². The van der Waals surface area contributed by atoms with Crippen LogP contribution in [0.5, 0.6) is 0 Å². The highest BCUT2D eigenvalue weighted by atomic mass is 79.9. The molecule has 1 aromatic carbocycles. The van der Waals surface area contributed by atoms with Crippen LogP contribution in [0.15, 0.2) is 32.5 Å². The molecule has 0 spiro atoms. The van der Waals surface area contributed by atoms with Gasteiger partial charge in [-0.2, -0.15) is 0 Å². The summed E-state index contributed by atoms with van der Waals surface area (Å²) in [5, 5.41) is 2.16. The number of nitrogen functional groups attached to an aromatic ring is 1. The lowest BCUT2D eigenvalue weighted by molar-refractivity contribution is 0.467. The predicted molar refractivity (Wildman–Crippen MR) is 85.2 cm³/mol. The molecule has 2 aromatic heterocycles. The smallest absolute Gasteiger partial charge is 0.203 e. The lowest BCUT2D eigenvalue weighted by atomic mass is 9.88. The Morgan fingerprint density at radius 3 is 3.20 bits per heavy atom. The van der Waals surface area contributed by atoms with E-state index < -0.39 is 0 Å². The molecule has 102 valence electrons. The maximum Gasteiger partial charge on any atom is 0.203 e. The van der Waals surface area contributed by atoms with Crippen molar-refractivity contribution in [1.82, 2.24) is 4.98 Å². The first-order valence-corrected chi connectivity index (χ1v) is 8.31. The van der Waals surface area contributed by atoms with E-state index >= 15 is 0 Å². The fourth-order valence-corrected chi connectivity index (χ4v) is 4.38. The molecule has 3 aromatic rings. The van der Waals surface area contributed by atoms with Gasteiger partial charge in [0.1, 0.15) is 5.52 Å². The van der Waals surface area contributed by atoms with E-state index in [4.69, 9.17) is 10.2 Å². The number of hydrogen-bond donors (Lipinski definition) is 1. The molecule has 0 amide bonds. The number of nitrogens with zero attached hydrogens (tertiary/aromatic N) is 1. The maximum atomic E-state index is 6.01. The van der Waals surface area contributed by atoms with Crippen molar-refractivity contribution in [1.29, 1.82) is 0 Å². The van der Waals surface area contributed by atoms with E-state index in [-0.39, 0.29) is 5.92 Å². The first kappa shape index (κ1) is 12.4. The van der Waals surface area contributed by atoms with Gasteiger partial charge in [-0.25, -0.2) is 4.98 Å². The summed E-state index contributed by atoms with van der Waals surface area (Å²) < 4.78 is 6.90. The number of benzene rings is 1. The van der Waals surface area contributed by atoms with Gasteiger partial charge in [-0.15, -0.1) is 11.3 Å². The summed E-state index contributed by atoms with van der Waals surface area (Å²) in [6.45, 7) is 0. The van der Waals surface area contributed by atoms with Gasteiger partial charge in [-0.1, -0.05) is 15.9 Å². The standard InChI is InChI=1S/C15H13BrN2OS/c16-8-6-11(17)14-12(7-8)18-15(19-14)10-2-1-3-13-9(10)4-5-20-13/h4-7,10H,1-3,17H2. The first-order chi connectivity index (χ1) is 9.72. The Hall–Kier alpha value is -1.33. The molecule has 2 heterocycles. The summed E-state index contributed by atoms with van der Waals surface area (Å²) in [7, 11) is 0. The highest BCUT2D eigenvalue weighted by molar-refractivity contribution is 9.10. The molecule has 3 nitrogen and oxygen atoms in total. The Kier molecular flexibility index (Phi) is 2.86. The summed E-state index contributed by atoms with van der Waals surface area (Å²) in [5.74, 6) is 1.07. The third kappa shape index (κ3) is 1.88. The molecule has 1 atom stereocenters. The number of thiophene rings is 1. The molecule has 0 aliphatic heterocycles. The van der Waals surface area contributed by atoms with Gasteiger partial charge >= 0.3 is 0 Å². The molecule has 0 radical (unpaired) electrons. The second-order valence-electron chi connectivity index (χ2n) is 5.14. The number of halogens is 1. The highest BCUT2D eigenvalue weighted by Gasteiger charge is 2.27. The second kappa shape index (κ2) is 4.60. The topological polar surface area (TPSA) is 52.0 Å². The number of aromatic nitrogens is 1. The van der Waals surface area contributed by atoms with E-state index in [2.05, 4.69) is 32.4 Å². The minimum atomic E-state index is 0.274. The van der Waals surface area contributed by atoms with Gasteiger partial charge < -0.3 is 10.2 Å². The zero-order valence-electron chi connectivity index (χ0n) is 10.7. The zero-order valence-corrected chi connectivity index (χ0v) is 13.1. The number of fused-ring (bicyclic) bond motifs is 2. The maximum absolute atomic E-state index is 6.01. The summed E-state index contributed by atoms with van der Waals surface area (Å²) >= 11 is 5.28. The molecular formula is C15H13BrN2OS. The first-order valence-electron chi connectivity index (χ1n) is 6.64. The van der Waals surface area contributed by atoms with E-state index in [1.54, 1.807) is 0 Å². The normalized spacial score (nSPS) is 18.4. The van der Waals surface area contributed by atoms with Gasteiger partial charge in [0.05, 0.1) is 11.6 Å². The van der Waals surface area contributed by atoms with Crippen molar-refractivity contribution >= 4 is 44.1 Å². The Bertz CT molecular complexity index is 792. The molecule has 0 fully saturated rings. The van der Waals surface area contributed by atoms with E-state index in [0.717, 1.165) is 22.3 Å². The average molecular weight is 349 g/mol. The molecule has 1 aliphatic rings. The zero-order chi connectivity index (χ0) is 13.7. The minimum absolute atomic E-state index is 0.274. The van der Waals surface area contributed by atoms with Crippen LogP contribution in [0.3, 0.4) is 0 Å². The Labute approximate surface area is 128 Å². The number of oxazole rings is 1. The van der Waals surface area contributed by atoms with E-state index in [1.165, 1.54) is 23.3 Å². The van der Waals surface area contributed by atoms with Crippen LogP contribution in [0.25, 0.3) is 11.1 Å². The van der Waals surface area contributed by atoms with Crippen molar-refractivity contribution in [2.45, 2.75) is 25.2 Å². The monoisotopic (exact) mass is 348 g/mol. The van der Waals surface area contributed by atoms with Crippen LogP contribution >= 0.6 is 27.3 Å². The van der Waals surface area contributed by atoms with E-state index in [0.29, 0.717) is 11.3 Å². The minimum Gasteiger partial charge on any atom is -0.438 e. The van der Waals surface area contributed by atoms with Gasteiger partial charge in [0.15, 0.2) is 5.58 Å². The van der Waals surface area contributed by atoms with Crippen molar-refractivity contribution in [2.24, 2.45) is 0 Å². The Morgan fingerprint density at radius 1 is 1.40 bits per heavy atom. The third-order valence-electron chi connectivity index (χ3n) is 3.85. The van der Waals surface area contributed by atoms with Crippen LogP contribution in [0, 0.1) is 0 Å². The molecule has 5 heteroatoms. The van der Waals surface area contributed by atoms with E-state index in [1.807, 2.05) is 23.5 Å². The van der Waals surface area contributed by atoms with Crippen molar-refractivity contribution in [3.8, 4) is 0 Å². The SMILES string of the molecule is Nc1cc(Br)cc2nc(C3CCCc4sccc43)oc12. The molecule has 1 aliphatic carbocycles. The van der Waals surface area contributed by atoms with E-state index in [9.17, 15) is 0 Å². The lowest BCUT2D eigenvalue weighted by Gasteiger charge is -2.19. The molecule has 2 N–H and O–H groups in total. The van der Waals surface area contributed by atoms with Gasteiger partial charge in [0.2, 0.25) is 5.89 Å². The van der Waals surface area contributed by atoms with Gasteiger partial charge in [0, 0.05) is 9.35 Å². The summed E-state index contributed by atoms with van der Waals surface area (Å²) in [6.07, 6.45) is 3.46. The molecule has 0 saturated carbocycles. The molecular weight excluding hydrogens is 336 g/mol. The summed E-state index contributed by atoms with van der Waals surface area (Å²) in [5.41, 5.74) is 9.55. The predicted octanol–water partition coefficient (Wildman–Crippen LogP) is 4.70. The average Bonchev–Trinajstić information content (AvgIpc) is 3.03. The summed E-state index contributed by atoms with van der Waals surface area (Å²) in [6, 6.07) is 6.02. The molecule has 1 unspecified atom stereocenters. The fourth-order valence-electron chi connectivity index (χ4n) is 2.93. The molecule has 4 rings (SSSR count). The van der Waals surface area contributed by atoms with Gasteiger partial charge in [-0.3, -0.25) is 0 Å². The van der Waals surface area contributed by atoms with Crippen molar-refractivity contribution in [3.63, 3.8) is 0 Å². The Morgan fingerprint density at radius 2 is 2.30 bits per heavy atom. The quantitative estimate of drug-likeness (QED) is 0.648. The molecule has 20 heavy (non-hydrogen) atoms. The Balaban J connectivity index is 1.86. The molecule has 0 saturated heterocycles. The largest absolute Gasteiger partial charge is 0.438 e. The highest BCUT2D eigenvalue weighted by Crippen LogP contribution is 2.40. The van der Waals surface area contributed by atoms with Crippen LogP contribution in [0.2, 0.25) is 0 Å². The number of anilines is 1. The number of aryl methyl sites for hydroxylation is 1. The second-order valence-corrected chi connectivity index (χ2v) is 7.06. The van der Waals surface area contributed by atoms with Gasteiger partial charge in [0.25, 0.3) is 0 Å². The van der Waals surface area contributed by atoms with Crippen molar-refractivity contribution in [2.75, 3.05) is 5.73 Å². The van der Waals surface area contributed by atoms with Crippen molar-refractivity contribution in [3.05, 3.63) is 44.4 Å². The number of hydrogen-bond acceptors (Lipinski definition) is 4. The van der Waals surface area contributed by atoms with Crippen LogP contribution in [-0.4, -0.2) is 4.98 Å². The lowest BCUT2D eigenvalue weighted by Crippen LogP contribution is -2.08. The number of rotatable bonds is 1. The fraction of sp³-hybridized carbons (Fsp3) is 0.267. The van der Waals surface area contributed by atoms with Crippen molar-refractivity contribution < 1.29 is 4.42 Å².